The normalized spacial score (nSPS) is 21.3. The smallest absolute Gasteiger partial charge is 0.325 e. The van der Waals surface area contributed by atoms with Crippen molar-refractivity contribution in [3.05, 3.63) is 59.9 Å². The maximum absolute atomic E-state index is 13.8. The summed E-state index contributed by atoms with van der Waals surface area (Å²) >= 11 is 0. The molecule has 2 aromatic carbocycles. The molecule has 1 aromatic heterocycles. The third-order valence-corrected chi connectivity index (χ3v) is 7.43. The van der Waals surface area contributed by atoms with Gasteiger partial charge in [0.15, 0.2) is 0 Å². The van der Waals surface area contributed by atoms with E-state index >= 15 is 0 Å². The fraction of sp³-hybridized carbons (Fsp3) is 0.444. The minimum Gasteiger partial charge on any atom is -0.497 e. The zero-order valence-electron chi connectivity index (χ0n) is 20.8. The van der Waals surface area contributed by atoms with Gasteiger partial charge in [0.25, 0.3) is 5.91 Å². The van der Waals surface area contributed by atoms with Crippen LogP contribution in [0, 0.1) is 5.92 Å². The second kappa shape index (κ2) is 10.3. The van der Waals surface area contributed by atoms with E-state index < -0.39 is 5.54 Å². The van der Waals surface area contributed by atoms with Gasteiger partial charge in [-0.3, -0.25) is 14.6 Å². The molecule has 2 saturated heterocycles. The highest BCUT2D eigenvalue weighted by molar-refractivity contribution is 6.07. The minimum atomic E-state index is -0.983. The first-order valence-corrected chi connectivity index (χ1v) is 12.4. The molecule has 0 radical (unpaired) electrons. The van der Waals surface area contributed by atoms with Gasteiger partial charge in [0.2, 0.25) is 0 Å². The highest BCUT2D eigenvalue weighted by Crippen LogP contribution is 2.37. The van der Waals surface area contributed by atoms with Gasteiger partial charge in [-0.25, -0.2) is 9.78 Å². The van der Waals surface area contributed by atoms with E-state index in [1.807, 2.05) is 48.5 Å². The second-order valence-corrected chi connectivity index (χ2v) is 9.63. The average molecular weight is 492 g/mol. The summed E-state index contributed by atoms with van der Waals surface area (Å²) in [6, 6.07) is 15.4. The molecule has 9 nitrogen and oxygen atoms in total. The van der Waals surface area contributed by atoms with Crippen LogP contribution in [0.3, 0.4) is 0 Å². The number of hydrogen-bond donors (Lipinski definition) is 2. The molecule has 1 atom stereocenters. The van der Waals surface area contributed by atoms with E-state index in [-0.39, 0.29) is 24.4 Å². The predicted molar refractivity (Wildman–Crippen MR) is 136 cm³/mol. The van der Waals surface area contributed by atoms with Crippen LogP contribution in [-0.4, -0.2) is 77.7 Å². The van der Waals surface area contributed by atoms with E-state index in [9.17, 15) is 9.59 Å². The zero-order chi connectivity index (χ0) is 25.1. The lowest BCUT2D eigenvalue weighted by atomic mass is 9.74. The van der Waals surface area contributed by atoms with Crippen molar-refractivity contribution < 1.29 is 19.1 Å². The van der Waals surface area contributed by atoms with Crippen molar-refractivity contribution in [2.45, 2.75) is 31.3 Å². The number of imidazole rings is 1. The van der Waals surface area contributed by atoms with Gasteiger partial charge in [0.1, 0.15) is 17.1 Å². The topological polar surface area (TPSA) is 99.8 Å². The summed E-state index contributed by atoms with van der Waals surface area (Å²) < 4.78 is 10.5. The van der Waals surface area contributed by atoms with Crippen LogP contribution in [-0.2, 0) is 22.5 Å². The Bertz CT molecular complexity index is 1200. The monoisotopic (exact) mass is 491 g/mol. The fourth-order valence-electron chi connectivity index (χ4n) is 5.55. The van der Waals surface area contributed by atoms with Gasteiger partial charge < -0.3 is 19.8 Å². The van der Waals surface area contributed by atoms with Crippen LogP contribution in [0.4, 0.5) is 4.79 Å². The van der Waals surface area contributed by atoms with Gasteiger partial charge in [-0.1, -0.05) is 24.3 Å². The van der Waals surface area contributed by atoms with Crippen LogP contribution < -0.4 is 10.1 Å². The molecule has 0 spiro atoms. The maximum Gasteiger partial charge on any atom is 0.325 e. The van der Waals surface area contributed by atoms with E-state index in [2.05, 4.69) is 15.2 Å². The molecule has 0 bridgehead atoms. The number of benzene rings is 2. The van der Waals surface area contributed by atoms with Crippen LogP contribution in [0.15, 0.2) is 48.5 Å². The first-order chi connectivity index (χ1) is 17.5. The zero-order valence-corrected chi connectivity index (χ0v) is 20.8. The summed E-state index contributed by atoms with van der Waals surface area (Å²) in [5.74, 6) is 1.52. The Kier molecular flexibility index (Phi) is 6.93. The molecule has 2 N–H and O–H groups in total. The van der Waals surface area contributed by atoms with Crippen molar-refractivity contribution in [3.8, 4) is 5.75 Å². The number of ether oxygens (including phenoxy) is 2. The van der Waals surface area contributed by atoms with Crippen LogP contribution in [0.25, 0.3) is 11.0 Å². The third-order valence-electron chi connectivity index (χ3n) is 7.43. The number of fused-ring (bicyclic) bond motifs is 1. The number of imide groups is 1. The number of aromatic amines is 1. The van der Waals surface area contributed by atoms with E-state index in [0.29, 0.717) is 13.0 Å². The van der Waals surface area contributed by atoms with Crippen LogP contribution in [0.2, 0.25) is 0 Å². The van der Waals surface area contributed by atoms with Crippen LogP contribution >= 0.6 is 0 Å². The highest BCUT2D eigenvalue weighted by Gasteiger charge is 2.55. The number of aromatic nitrogens is 2. The maximum atomic E-state index is 13.8. The lowest BCUT2D eigenvalue weighted by Gasteiger charge is -2.41. The van der Waals surface area contributed by atoms with Crippen molar-refractivity contribution in [2.75, 3.05) is 40.5 Å². The molecule has 5 rings (SSSR count). The number of nitrogens with zero attached hydrogens (tertiary/aromatic N) is 3. The van der Waals surface area contributed by atoms with Gasteiger partial charge in [0.05, 0.1) is 37.8 Å². The fourth-order valence-corrected chi connectivity index (χ4v) is 5.55. The molecule has 2 fully saturated rings. The number of para-hydroxylation sites is 2. The molecule has 9 heteroatoms. The Labute approximate surface area is 210 Å². The number of rotatable bonds is 9. The molecule has 3 aromatic rings. The molecule has 190 valence electrons. The Hall–Kier alpha value is -3.43. The number of hydrogen-bond acceptors (Lipinski definition) is 6. The van der Waals surface area contributed by atoms with Crippen LogP contribution in [0.1, 0.15) is 24.2 Å². The Morgan fingerprint density at radius 2 is 1.89 bits per heavy atom. The van der Waals surface area contributed by atoms with Gasteiger partial charge in [-0.15, -0.1) is 0 Å². The van der Waals surface area contributed by atoms with Crippen molar-refractivity contribution >= 4 is 23.0 Å². The first-order valence-electron chi connectivity index (χ1n) is 12.4. The predicted octanol–water partition coefficient (Wildman–Crippen LogP) is 2.96. The first kappa shape index (κ1) is 24.3. The SMILES string of the molecule is COCCN1C(=O)N[C@@](Cc2cccc(OC)c2)(C2CCN(Cc3nc4ccccc4[nH]3)CC2)C1=O. The standard InChI is InChI=1S/C27H33N5O4/c1-35-15-14-32-25(33)27(30-26(32)34,17-19-6-5-7-21(16-19)36-2)20-10-12-31(13-11-20)18-24-28-22-8-3-4-9-23(22)29-24/h3-9,16,20H,10-15,17-18H2,1-2H3,(H,28,29)(H,30,34)/t27-/m0/s1. The Balaban J connectivity index is 1.34. The number of carbonyl (C=O) groups is 2. The van der Waals surface area contributed by atoms with Crippen molar-refractivity contribution in [3.63, 3.8) is 0 Å². The Morgan fingerprint density at radius 1 is 1.08 bits per heavy atom. The molecule has 36 heavy (non-hydrogen) atoms. The largest absolute Gasteiger partial charge is 0.497 e. The summed E-state index contributed by atoms with van der Waals surface area (Å²) in [5.41, 5.74) is 1.98. The van der Waals surface area contributed by atoms with Gasteiger partial charge in [-0.2, -0.15) is 0 Å². The van der Waals surface area contributed by atoms with E-state index in [1.54, 1.807) is 14.2 Å². The van der Waals surface area contributed by atoms with Gasteiger partial charge in [0, 0.05) is 13.5 Å². The van der Waals surface area contributed by atoms with Gasteiger partial charge >= 0.3 is 6.03 Å². The number of likely N-dealkylation sites (tertiary alicyclic amines) is 1. The van der Waals surface area contributed by atoms with Crippen molar-refractivity contribution in [1.29, 1.82) is 0 Å². The lowest BCUT2D eigenvalue weighted by molar-refractivity contribution is -0.134. The van der Waals surface area contributed by atoms with Crippen molar-refractivity contribution in [2.24, 2.45) is 5.92 Å². The quantitative estimate of drug-likeness (QED) is 0.447. The minimum absolute atomic E-state index is 0.0135. The number of amides is 3. The summed E-state index contributed by atoms with van der Waals surface area (Å²) in [5, 5.41) is 3.12. The molecule has 3 heterocycles. The van der Waals surface area contributed by atoms with Crippen LogP contribution in [0.5, 0.6) is 5.75 Å². The molecule has 0 unspecified atom stereocenters. The number of piperidine rings is 1. The number of urea groups is 1. The summed E-state index contributed by atoms with van der Waals surface area (Å²) in [7, 11) is 3.20. The molecule has 0 saturated carbocycles. The summed E-state index contributed by atoms with van der Waals surface area (Å²) in [6.07, 6.45) is 2.02. The molecule has 2 aliphatic heterocycles. The molecule has 0 aliphatic carbocycles. The summed E-state index contributed by atoms with van der Waals surface area (Å²) in [6.45, 7) is 2.92. The molecular formula is C27H33N5O4. The van der Waals surface area contributed by atoms with Crippen molar-refractivity contribution in [1.82, 2.24) is 25.1 Å². The number of H-pyrrole nitrogens is 1. The number of methoxy groups -OCH3 is 2. The molecule has 3 amide bonds. The average Bonchev–Trinajstić information content (AvgIpc) is 3.41. The highest BCUT2D eigenvalue weighted by atomic mass is 16.5. The van der Waals surface area contributed by atoms with E-state index in [0.717, 1.165) is 60.6 Å². The number of carbonyl (C=O) groups excluding carboxylic acids is 2. The Morgan fingerprint density at radius 3 is 2.64 bits per heavy atom. The van der Waals surface area contributed by atoms with E-state index in [4.69, 9.17) is 14.5 Å². The number of nitrogens with one attached hydrogen (secondary N) is 2. The van der Waals surface area contributed by atoms with E-state index in [1.165, 1.54) is 4.90 Å². The lowest BCUT2D eigenvalue weighted by Crippen LogP contribution is -2.57. The molecule has 2 aliphatic rings. The second-order valence-electron chi connectivity index (χ2n) is 9.63. The van der Waals surface area contributed by atoms with Gasteiger partial charge in [-0.05, 0) is 61.7 Å². The summed E-state index contributed by atoms with van der Waals surface area (Å²) in [4.78, 5) is 38.5. The molecular weight excluding hydrogens is 458 g/mol. The third kappa shape index (κ3) is 4.68.